The number of aryl methyl sites for hydroxylation is 3. The summed E-state index contributed by atoms with van der Waals surface area (Å²) in [4.78, 5) is 29.3. The fourth-order valence-corrected chi connectivity index (χ4v) is 3.40. The predicted octanol–water partition coefficient (Wildman–Crippen LogP) is 2.61. The fraction of sp³-hybridized carbons (Fsp3) is 0.350. The molecule has 0 fully saturated rings. The lowest BCUT2D eigenvalue weighted by Crippen LogP contribution is -2.42. The Morgan fingerprint density at radius 3 is 2.52 bits per heavy atom. The van der Waals surface area contributed by atoms with Crippen molar-refractivity contribution in [1.82, 2.24) is 20.1 Å². The number of carbonyl (C=O) groups excluding carboxylic acids is 1. The zero-order chi connectivity index (χ0) is 19.9. The average Bonchev–Trinajstić information content (AvgIpc) is 2.85. The molecule has 0 aliphatic carbocycles. The SMILES string of the molecule is Cc1nc2c(c(C)c1CC(=O)NC(C)(C)c1ccc(F)cc1)c(=O)[nH]n2C. The molecule has 0 radical (unpaired) electrons. The quantitative estimate of drug-likeness (QED) is 0.741. The van der Waals surface area contributed by atoms with E-state index in [-0.39, 0.29) is 23.7 Å². The normalized spacial score (nSPS) is 11.8. The molecule has 6 nitrogen and oxygen atoms in total. The predicted molar refractivity (Wildman–Crippen MR) is 102 cm³/mol. The number of nitrogens with zero attached hydrogens (tertiary/aromatic N) is 2. The molecule has 2 aromatic heterocycles. The van der Waals surface area contributed by atoms with Crippen LogP contribution >= 0.6 is 0 Å². The van der Waals surface area contributed by atoms with E-state index in [4.69, 9.17) is 0 Å². The monoisotopic (exact) mass is 370 g/mol. The summed E-state index contributed by atoms with van der Waals surface area (Å²) in [5, 5.41) is 6.18. The van der Waals surface area contributed by atoms with E-state index in [0.29, 0.717) is 16.7 Å². The highest BCUT2D eigenvalue weighted by molar-refractivity contribution is 5.85. The van der Waals surface area contributed by atoms with Gasteiger partial charge in [-0.05, 0) is 56.5 Å². The number of amides is 1. The molecule has 2 heterocycles. The van der Waals surface area contributed by atoms with E-state index in [1.54, 1.807) is 23.9 Å². The van der Waals surface area contributed by atoms with Gasteiger partial charge in [0.2, 0.25) is 5.91 Å². The smallest absolute Gasteiger partial charge is 0.273 e. The zero-order valence-corrected chi connectivity index (χ0v) is 16.1. The molecule has 0 aliphatic heterocycles. The summed E-state index contributed by atoms with van der Waals surface area (Å²) in [6.45, 7) is 7.39. The van der Waals surface area contributed by atoms with Crippen LogP contribution in [0, 0.1) is 19.7 Å². The Balaban J connectivity index is 1.89. The second-order valence-electron chi connectivity index (χ2n) is 7.36. The molecule has 0 spiro atoms. The Morgan fingerprint density at radius 2 is 1.89 bits per heavy atom. The van der Waals surface area contributed by atoms with Gasteiger partial charge in [0.25, 0.3) is 5.56 Å². The fourth-order valence-electron chi connectivity index (χ4n) is 3.40. The topological polar surface area (TPSA) is 79.8 Å². The second-order valence-corrected chi connectivity index (χ2v) is 7.36. The maximum Gasteiger partial charge on any atom is 0.273 e. The van der Waals surface area contributed by atoms with Crippen molar-refractivity contribution in [3.8, 4) is 0 Å². The largest absolute Gasteiger partial charge is 0.347 e. The van der Waals surface area contributed by atoms with Crippen LogP contribution in [-0.2, 0) is 23.8 Å². The highest BCUT2D eigenvalue weighted by Gasteiger charge is 2.24. The first-order valence-electron chi connectivity index (χ1n) is 8.72. The minimum atomic E-state index is -0.658. The van der Waals surface area contributed by atoms with Crippen molar-refractivity contribution in [2.24, 2.45) is 7.05 Å². The first kappa shape index (κ1) is 18.8. The molecule has 0 saturated heterocycles. The summed E-state index contributed by atoms with van der Waals surface area (Å²) in [6, 6.07) is 6.06. The lowest BCUT2D eigenvalue weighted by atomic mass is 9.93. The van der Waals surface area contributed by atoms with E-state index in [1.165, 1.54) is 12.1 Å². The molecule has 7 heteroatoms. The molecule has 0 atom stereocenters. The molecule has 1 amide bonds. The molecule has 3 aromatic rings. The summed E-state index contributed by atoms with van der Waals surface area (Å²) < 4.78 is 14.7. The number of benzene rings is 1. The Bertz CT molecular complexity index is 1080. The second kappa shape index (κ2) is 6.64. The van der Waals surface area contributed by atoms with E-state index < -0.39 is 5.54 Å². The van der Waals surface area contributed by atoms with E-state index in [1.807, 2.05) is 27.7 Å². The molecule has 0 saturated carbocycles. The van der Waals surface area contributed by atoms with Gasteiger partial charge in [-0.3, -0.25) is 19.4 Å². The van der Waals surface area contributed by atoms with Crippen molar-refractivity contribution >= 4 is 16.9 Å². The van der Waals surface area contributed by atoms with Crippen LogP contribution in [0.15, 0.2) is 29.1 Å². The van der Waals surface area contributed by atoms with Crippen LogP contribution in [-0.4, -0.2) is 20.7 Å². The van der Waals surface area contributed by atoms with Gasteiger partial charge in [-0.15, -0.1) is 0 Å². The molecule has 1 aromatic carbocycles. The number of halogens is 1. The van der Waals surface area contributed by atoms with Crippen LogP contribution in [0.25, 0.3) is 11.0 Å². The van der Waals surface area contributed by atoms with Crippen LogP contribution in [0.5, 0.6) is 0 Å². The van der Waals surface area contributed by atoms with Crippen molar-refractivity contribution in [3.05, 3.63) is 62.8 Å². The summed E-state index contributed by atoms with van der Waals surface area (Å²) in [5.41, 5.74) is 2.72. The third-order valence-electron chi connectivity index (χ3n) is 4.93. The summed E-state index contributed by atoms with van der Waals surface area (Å²) >= 11 is 0. The number of nitrogens with one attached hydrogen (secondary N) is 2. The number of pyridine rings is 1. The van der Waals surface area contributed by atoms with Gasteiger partial charge >= 0.3 is 0 Å². The van der Waals surface area contributed by atoms with E-state index >= 15 is 0 Å². The molecule has 3 rings (SSSR count). The molecule has 0 aliphatic rings. The molecular weight excluding hydrogens is 347 g/mol. The van der Waals surface area contributed by atoms with Crippen LogP contribution in [0.4, 0.5) is 4.39 Å². The number of aromatic amines is 1. The lowest BCUT2D eigenvalue weighted by molar-refractivity contribution is -0.122. The van der Waals surface area contributed by atoms with Crippen molar-refractivity contribution in [1.29, 1.82) is 0 Å². The summed E-state index contributed by atoms with van der Waals surface area (Å²) in [6.07, 6.45) is 0.111. The standard InChI is InChI=1S/C20H23FN4O2/c1-11-15(12(2)22-18-17(11)19(27)24-25(18)5)10-16(26)23-20(3,4)13-6-8-14(21)9-7-13/h6-9H,10H2,1-5H3,(H,23,26)(H,24,27). The van der Waals surface area contributed by atoms with E-state index in [9.17, 15) is 14.0 Å². The summed E-state index contributed by atoms with van der Waals surface area (Å²) in [5.74, 6) is -0.511. The Labute approximate surface area is 156 Å². The van der Waals surface area contributed by atoms with Gasteiger partial charge in [0, 0.05) is 12.7 Å². The van der Waals surface area contributed by atoms with E-state index in [2.05, 4.69) is 15.4 Å². The van der Waals surface area contributed by atoms with Crippen LogP contribution in [0.3, 0.4) is 0 Å². The number of hydrogen-bond acceptors (Lipinski definition) is 3. The lowest BCUT2D eigenvalue weighted by Gasteiger charge is -2.27. The molecular formula is C20H23FN4O2. The minimum absolute atomic E-state index is 0.111. The van der Waals surface area contributed by atoms with Crippen LogP contribution in [0.2, 0.25) is 0 Å². The van der Waals surface area contributed by atoms with E-state index in [0.717, 1.165) is 16.7 Å². The minimum Gasteiger partial charge on any atom is -0.347 e. The molecule has 2 N–H and O–H groups in total. The van der Waals surface area contributed by atoms with Gasteiger partial charge in [-0.1, -0.05) is 12.1 Å². The summed E-state index contributed by atoms with van der Waals surface area (Å²) in [7, 11) is 1.73. The highest BCUT2D eigenvalue weighted by atomic mass is 19.1. The average molecular weight is 370 g/mol. The zero-order valence-electron chi connectivity index (χ0n) is 16.1. The van der Waals surface area contributed by atoms with Crippen LogP contribution < -0.4 is 10.9 Å². The highest BCUT2D eigenvalue weighted by Crippen LogP contribution is 2.23. The van der Waals surface area contributed by atoms with Crippen molar-refractivity contribution in [3.63, 3.8) is 0 Å². The van der Waals surface area contributed by atoms with Crippen molar-refractivity contribution < 1.29 is 9.18 Å². The molecule has 0 unspecified atom stereocenters. The number of carbonyl (C=O) groups is 1. The van der Waals surface area contributed by atoms with Gasteiger partial charge in [0.05, 0.1) is 17.3 Å². The molecule has 27 heavy (non-hydrogen) atoms. The Morgan fingerprint density at radius 1 is 1.26 bits per heavy atom. The maximum atomic E-state index is 13.2. The Kier molecular flexibility index (Phi) is 4.63. The number of rotatable bonds is 4. The van der Waals surface area contributed by atoms with Crippen molar-refractivity contribution in [2.75, 3.05) is 0 Å². The Hall–Kier alpha value is -2.96. The number of fused-ring (bicyclic) bond motifs is 1. The van der Waals surface area contributed by atoms with Crippen LogP contribution in [0.1, 0.15) is 36.2 Å². The van der Waals surface area contributed by atoms with Gasteiger partial charge in [0.1, 0.15) is 5.82 Å². The number of H-pyrrole nitrogens is 1. The molecule has 0 bridgehead atoms. The van der Waals surface area contributed by atoms with Gasteiger partial charge in [-0.2, -0.15) is 0 Å². The van der Waals surface area contributed by atoms with Gasteiger partial charge in [0.15, 0.2) is 5.65 Å². The number of aromatic nitrogens is 3. The first-order valence-corrected chi connectivity index (χ1v) is 8.72. The third kappa shape index (κ3) is 3.49. The van der Waals surface area contributed by atoms with Crippen molar-refractivity contribution in [2.45, 2.75) is 39.7 Å². The first-order chi connectivity index (χ1) is 12.6. The number of hydrogen-bond donors (Lipinski definition) is 2. The van der Waals surface area contributed by atoms with Gasteiger partial charge in [-0.25, -0.2) is 9.37 Å². The van der Waals surface area contributed by atoms with Gasteiger partial charge < -0.3 is 5.32 Å². The third-order valence-corrected chi connectivity index (χ3v) is 4.93. The molecule has 142 valence electrons. The maximum absolute atomic E-state index is 13.2.